The smallest absolute Gasteiger partial charge is 0.253 e. The molecular formula is C27H33N3O3. The van der Waals surface area contributed by atoms with Gasteiger partial charge in [0.05, 0.1) is 5.92 Å². The van der Waals surface area contributed by atoms with Crippen molar-refractivity contribution in [3.05, 3.63) is 70.8 Å². The molecule has 2 aliphatic heterocycles. The number of benzene rings is 2. The molecule has 6 nitrogen and oxygen atoms in total. The van der Waals surface area contributed by atoms with Gasteiger partial charge in [-0.25, -0.2) is 0 Å². The third-order valence-corrected chi connectivity index (χ3v) is 6.64. The highest BCUT2D eigenvalue weighted by Gasteiger charge is 2.33. The first-order chi connectivity index (χ1) is 15.9. The van der Waals surface area contributed by atoms with E-state index in [4.69, 9.17) is 0 Å². The maximum atomic E-state index is 13.3. The Kier molecular flexibility index (Phi) is 7.11. The van der Waals surface area contributed by atoms with Gasteiger partial charge in [-0.1, -0.05) is 35.4 Å². The summed E-state index contributed by atoms with van der Waals surface area (Å²) in [5.41, 5.74) is 3.53. The van der Waals surface area contributed by atoms with Crippen LogP contribution in [-0.4, -0.2) is 71.7 Å². The number of aryl methyl sites for hydroxylation is 2. The van der Waals surface area contributed by atoms with Crippen molar-refractivity contribution in [2.45, 2.75) is 33.1 Å². The molecule has 2 aromatic rings. The van der Waals surface area contributed by atoms with Crippen molar-refractivity contribution in [3.8, 4) is 0 Å². The third kappa shape index (κ3) is 5.44. The molecule has 1 atom stereocenters. The monoisotopic (exact) mass is 447 g/mol. The highest BCUT2D eigenvalue weighted by atomic mass is 16.2. The van der Waals surface area contributed by atoms with Crippen LogP contribution in [0, 0.1) is 19.8 Å². The van der Waals surface area contributed by atoms with Gasteiger partial charge in [-0.2, -0.15) is 0 Å². The highest BCUT2D eigenvalue weighted by molar-refractivity contribution is 5.95. The molecule has 1 unspecified atom stereocenters. The Hall–Kier alpha value is -3.15. The minimum absolute atomic E-state index is 0.00907. The zero-order chi connectivity index (χ0) is 23.4. The molecule has 6 heteroatoms. The number of carbonyl (C=O) groups excluding carboxylic acids is 3. The molecule has 0 radical (unpaired) electrons. The minimum Gasteiger partial charge on any atom is -0.341 e. The highest BCUT2D eigenvalue weighted by Crippen LogP contribution is 2.22. The lowest BCUT2D eigenvalue weighted by molar-refractivity contribution is -0.136. The summed E-state index contributed by atoms with van der Waals surface area (Å²) in [5.74, 6) is -0.0329. The number of rotatable bonds is 3. The number of hydrogen-bond acceptors (Lipinski definition) is 3. The van der Waals surface area contributed by atoms with Gasteiger partial charge in [0, 0.05) is 50.4 Å². The lowest BCUT2D eigenvalue weighted by Crippen LogP contribution is -2.47. The van der Waals surface area contributed by atoms with E-state index < -0.39 is 0 Å². The quantitative estimate of drug-likeness (QED) is 0.723. The first-order valence-electron chi connectivity index (χ1n) is 11.9. The van der Waals surface area contributed by atoms with E-state index in [1.54, 1.807) is 0 Å². The number of nitrogens with zero attached hydrogens (tertiary/aromatic N) is 3. The molecule has 33 heavy (non-hydrogen) atoms. The van der Waals surface area contributed by atoms with E-state index in [1.807, 2.05) is 71.0 Å². The summed E-state index contributed by atoms with van der Waals surface area (Å²) < 4.78 is 0. The summed E-state index contributed by atoms with van der Waals surface area (Å²) in [7, 11) is 0. The van der Waals surface area contributed by atoms with Gasteiger partial charge in [0.1, 0.15) is 0 Å². The van der Waals surface area contributed by atoms with Crippen LogP contribution in [0.3, 0.4) is 0 Å². The number of carbonyl (C=O) groups is 3. The second-order valence-electron chi connectivity index (χ2n) is 9.30. The fraction of sp³-hybridized carbons (Fsp3) is 0.444. The average Bonchev–Trinajstić information content (AvgIpc) is 3.09. The Morgan fingerprint density at radius 1 is 0.697 bits per heavy atom. The summed E-state index contributed by atoms with van der Waals surface area (Å²) >= 11 is 0. The van der Waals surface area contributed by atoms with Crippen molar-refractivity contribution in [2.75, 3.05) is 39.3 Å². The summed E-state index contributed by atoms with van der Waals surface area (Å²) in [4.78, 5) is 44.9. The fourth-order valence-electron chi connectivity index (χ4n) is 5.01. The Morgan fingerprint density at radius 2 is 1.30 bits per heavy atom. The van der Waals surface area contributed by atoms with Gasteiger partial charge in [0.15, 0.2) is 0 Å². The molecule has 174 valence electrons. The predicted octanol–water partition coefficient (Wildman–Crippen LogP) is 3.53. The van der Waals surface area contributed by atoms with Gasteiger partial charge in [0.25, 0.3) is 11.8 Å². The molecule has 4 rings (SSSR count). The molecule has 2 aromatic carbocycles. The molecule has 0 bridgehead atoms. The Bertz CT molecular complexity index is 1000. The van der Waals surface area contributed by atoms with E-state index in [-0.39, 0.29) is 23.6 Å². The molecule has 2 aliphatic rings. The van der Waals surface area contributed by atoms with Crippen LogP contribution in [0.25, 0.3) is 0 Å². The molecule has 0 saturated carbocycles. The Labute approximate surface area is 196 Å². The normalized spacial score (nSPS) is 19.2. The SMILES string of the molecule is Cc1cc(C)cc(C(=O)N2CCCC(C(=O)N3CCCN(C(=O)c4ccccc4)CC3)C2)c1. The maximum absolute atomic E-state index is 13.3. The van der Waals surface area contributed by atoms with Crippen LogP contribution < -0.4 is 0 Å². The fourth-order valence-corrected chi connectivity index (χ4v) is 5.01. The van der Waals surface area contributed by atoms with E-state index in [9.17, 15) is 14.4 Å². The van der Waals surface area contributed by atoms with Crippen molar-refractivity contribution in [3.63, 3.8) is 0 Å². The Morgan fingerprint density at radius 3 is 2.03 bits per heavy atom. The number of amides is 3. The van der Waals surface area contributed by atoms with Crippen LogP contribution in [-0.2, 0) is 4.79 Å². The second-order valence-corrected chi connectivity index (χ2v) is 9.30. The van der Waals surface area contributed by atoms with Crippen molar-refractivity contribution >= 4 is 17.7 Å². The second kappa shape index (κ2) is 10.2. The molecule has 0 aliphatic carbocycles. The molecule has 0 N–H and O–H groups in total. The summed E-state index contributed by atoms with van der Waals surface area (Å²) in [5, 5.41) is 0. The van der Waals surface area contributed by atoms with Gasteiger partial charge in [0.2, 0.25) is 5.91 Å². The maximum Gasteiger partial charge on any atom is 0.253 e. The lowest BCUT2D eigenvalue weighted by atomic mass is 9.95. The molecule has 3 amide bonds. The zero-order valence-corrected chi connectivity index (χ0v) is 19.6. The van der Waals surface area contributed by atoms with Crippen LogP contribution >= 0.6 is 0 Å². The topological polar surface area (TPSA) is 60.9 Å². The van der Waals surface area contributed by atoms with Crippen molar-refractivity contribution in [1.82, 2.24) is 14.7 Å². The minimum atomic E-state index is -0.176. The van der Waals surface area contributed by atoms with Crippen LogP contribution in [0.5, 0.6) is 0 Å². The first kappa shape index (κ1) is 23.0. The number of likely N-dealkylation sites (tertiary alicyclic amines) is 1. The van der Waals surface area contributed by atoms with E-state index in [0.29, 0.717) is 50.4 Å². The van der Waals surface area contributed by atoms with E-state index in [0.717, 1.165) is 30.4 Å². The van der Waals surface area contributed by atoms with Crippen molar-refractivity contribution in [2.24, 2.45) is 5.92 Å². The average molecular weight is 448 g/mol. The van der Waals surface area contributed by atoms with Crippen LogP contribution in [0.1, 0.15) is 51.1 Å². The van der Waals surface area contributed by atoms with Gasteiger partial charge in [-0.15, -0.1) is 0 Å². The molecule has 0 aromatic heterocycles. The van der Waals surface area contributed by atoms with Crippen LogP contribution in [0.15, 0.2) is 48.5 Å². The van der Waals surface area contributed by atoms with Gasteiger partial charge < -0.3 is 14.7 Å². The Balaban J connectivity index is 1.37. The van der Waals surface area contributed by atoms with E-state index in [2.05, 4.69) is 6.07 Å². The number of piperidine rings is 1. The first-order valence-corrected chi connectivity index (χ1v) is 11.9. The van der Waals surface area contributed by atoms with Crippen molar-refractivity contribution < 1.29 is 14.4 Å². The zero-order valence-electron chi connectivity index (χ0n) is 19.6. The third-order valence-electron chi connectivity index (χ3n) is 6.64. The van der Waals surface area contributed by atoms with Gasteiger partial charge >= 0.3 is 0 Å². The van der Waals surface area contributed by atoms with E-state index in [1.165, 1.54) is 0 Å². The summed E-state index contributed by atoms with van der Waals surface area (Å²) in [6.07, 6.45) is 2.40. The largest absolute Gasteiger partial charge is 0.341 e. The molecule has 2 fully saturated rings. The van der Waals surface area contributed by atoms with Gasteiger partial charge in [-0.3, -0.25) is 14.4 Å². The summed E-state index contributed by atoms with van der Waals surface area (Å²) in [6.45, 7) is 7.53. The molecule has 2 saturated heterocycles. The standard InChI is InChI=1S/C27H33N3O3/c1-20-16-21(2)18-24(17-20)27(33)30-11-6-10-23(19-30)26(32)29-13-7-12-28(14-15-29)25(31)22-8-4-3-5-9-22/h3-5,8-9,16-18,23H,6-7,10-15,19H2,1-2H3. The van der Waals surface area contributed by atoms with Crippen molar-refractivity contribution in [1.29, 1.82) is 0 Å². The van der Waals surface area contributed by atoms with Gasteiger partial charge in [-0.05, 0) is 57.4 Å². The lowest BCUT2D eigenvalue weighted by Gasteiger charge is -2.35. The molecular weight excluding hydrogens is 414 g/mol. The van der Waals surface area contributed by atoms with Crippen LogP contribution in [0.4, 0.5) is 0 Å². The summed E-state index contributed by atoms with van der Waals surface area (Å²) in [6, 6.07) is 15.2. The molecule has 2 heterocycles. The number of hydrogen-bond donors (Lipinski definition) is 0. The van der Waals surface area contributed by atoms with Crippen LogP contribution in [0.2, 0.25) is 0 Å². The molecule has 0 spiro atoms. The predicted molar refractivity (Wildman–Crippen MR) is 128 cm³/mol. The van der Waals surface area contributed by atoms with E-state index >= 15 is 0 Å².